The summed E-state index contributed by atoms with van der Waals surface area (Å²) in [6, 6.07) is 11.9. The quantitative estimate of drug-likeness (QED) is 0.790. The van der Waals surface area contributed by atoms with Gasteiger partial charge in [0.1, 0.15) is 11.4 Å². The van der Waals surface area contributed by atoms with Gasteiger partial charge in [-0.25, -0.2) is 4.98 Å². The third kappa shape index (κ3) is 2.77. The van der Waals surface area contributed by atoms with Crippen LogP contribution in [0, 0.1) is 0 Å². The third-order valence-electron chi connectivity index (χ3n) is 4.94. The maximum atomic E-state index is 12.3. The van der Waals surface area contributed by atoms with Crippen LogP contribution in [-0.2, 0) is 6.42 Å². The van der Waals surface area contributed by atoms with Crippen molar-refractivity contribution in [3.05, 3.63) is 65.5 Å². The number of nitrogens with zero attached hydrogens (tertiary/aromatic N) is 1. The minimum atomic E-state index is -0.182. The molecule has 0 bridgehead atoms. The predicted octanol–water partition coefficient (Wildman–Crippen LogP) is 2.05. The molecular weight excluding hydrogens is 300 g/mol. The molecule has 1 aromatic carbocycles. The molecule has 1 aliphatic carbocycles. The van der Waals surface area contributed by atoms with Gasteiger partial charge in [-0.15, -0.1) is 0 Å². The Morgan fingerprint density at radius 1 is 1.12 bits per heavy atom. The van der Waals surface area contributed by atoms with Gasteiger partial charge in [0.25, 0.3) is 5.91 Å². The van der Waals surface area contributed by atoms with Crippen molar-refractivity contribution in [3.8, 4) is 0 Å². The average Bonchev–Trinajstić information content (AvgIpc) is 3.07. The molecule has 5 heteroatoms. The number of carbonyl (C=O) groups excluding carboxylic acids is 1. The van der Waals surface area contributed by atoms with E-state index in [9.17, 15) is 4.79 Å². The first-order valence-corrected chi connectivity index (χ1v) is 8.46. The van der Waals surface area contributed by atoms with Crippen molar-refractivity contribution in [1.29, 1.82) is 0 Å². The van der Waals surface area contributed by atoms with E-state index >= 15 is 0 Å². The second kappa shape index (κ2) is 6.07. The van der Waals surface area contributed by atoms with E-state index in [-0.39, 0.29) is 11.4 Å². The highest BCUT2D eigenvalue weighted by atomic mass is 16.2. The molecule has 1 aromatic heterocycles. The Balaban J connectivity index is 1.58. The Morgan fingerprint density at radius 2 is 1.96 bits per heavy atom. The van der Waals surface area contributed by atoms with Crippen molar-refractivity contribution in [2.45, 2.75) is 37.6 Å². The van der Waals surface area contributed by atoms with E-state index in [1.807, 2.05) is 6.07 Å². The van der Waals surface area contributed by atoms with E-state index in [1.165, 1.54) is 18.4 Å². The third-order valence-corrected chi connectivity index (χ3v) is 4.94. The van der Waals surface area contributed by atoms with Crippen molar-refractivity contribution in [1.82, 2.24) is 10.9 Å². The van der Waals surface area contributed by atoms with Crippen LogP contribution in [-0.4, -0.2) is 17.3 Å². The van der Waals surface area contributed by atoms with Crippen LogP contribution in [0.5, 0.6) is 0 Å². The smallest absolute Gasteiger partial charge is 0.275 e. The molecule has 0 unspecified atom stereocenters. The van der Waals surface area contributed by atoms with Crippen LogP contribution in [0.2, 0.25) is 0 Å². The molecule has 2 aromatic rings. The van der Waals surface area contributed by atoms with Gasteiger partial charge < -0.3 is 0 Å². The number of rotatable bonds is 1. The van der Waals surface area contributed by atoms with Crippen LogP contribution < -0.4 is 15.8 Å². The summed E-state index contributed by atoms with van der Waals surface area (Å²) in [5, 5.41) is 0. The van der Waals surface area contributed by atoms with Crippen LogP contribution in [0.25, 0.3) is 0 Å². The van der Waals surface area contributed by atoms with Crippen LogP contribution in [0.15, 0.2) is 53.8 Å². The lowest BCUT2D eigenvalue weighted by atomic mass is 9.84. The Kier molecular flexibility index (Phi) is 3.76. The number of fused-ring (bicyclic) bond motifs is 1. The summed E-state index contributed by atoms with van der Waals surface area (Å²) < 4.78 is 0. The minimum absolute atomic E-state index is 0.00192. The second-order valence-electron chi connectivity index (χ2n) is 6.60. The fourth-order valence-electron chi connectivity index (χ4n) is 3.74. The number of hydrogen-bond donors (Lipinski definition) is 2. The summed E-state index contributed by atoms with van der Waals surface area (Å²) >= 11 is 0. The molecular formula is C19H21N4O+. The molecule has 4 rings (SSSR count). The highest BCUT2D eigenvalue weighted by Gasteiger charge is 2.37. The lowest BCUT2D eigenvalue weighted by Crippen LogP contribution is -2.46. The molecule has 122 valence electrons. The molecule has 0 saturated heterocycles. The Labute approximate surface area is 141 Å². The van der Waals surface area contributed by atoms with E-state index < -0.39 is 0 Å². The molecule has 2 aliphatic rings. The highest BCUT2D eigenvalue weighted by Crippen LogP contribution is 2.39. The number of carbonyl (C=O) groups is 1. The molecule has 1 spiro atoms. The van der Waals surface area contributed by atoms with Crippen LogP contribution in [0.4, 0.5) is 0 Å². The zero-order valence-corrected chi connectivity index (χ0v) is 13.5. The SMILES string of the molecule is O=C(NNC1=NC2(CCCC2)Cc2ccccc21)c1ccc[nH+]c1. The summed E-state index contributed by atoms with van der Waals surface area (Å²) in [5.74, 6) is 0.588. The van der Waals surface area contributed by atoms with Gasteiger partial charge in [-0.3, -0.25) is 20.6 Å². The molecule has 2 heterocycles. The maximum absolute atomic E-state index is 12.3. The Bertz CT molecular complexity index is 779. The molecule has 1 fully saturated rings. The van der Waals surface area contributed by atoms with Crippen LogP contribution in [0.1, 0.15) is 47.2 Å². The highest BCUT2D eigenvalue weighted by molar-refractivity contribution is 6.03. The van der Waals surface area contributed by atoms with Crippen molar-refractivity contribution in [3.63, 3.8) is 0 Å². The predicted molar refractivity (Wildman–Crippen MR) is 91.5 cm³/mol. The number of aromatic amines is 1. The van der Waals surface area contributed by atoms with Gasteiger partial charge in [-0.05, 0) is 30.9 Å². The van der Waals surface area contributed by atoms with Crippen LogP contribution >= 0.6 is 0 Å². The number of hydrogen-bond acceptors (Lipinski definition) is 3. The molecule has 0 atom stereocenters. The zero-order valence-electron chi connectivity index (χ0n) is 13.5. The first-order valence-electron chi connectivity index (χ1n) is 8.46. The van der Waals surface area contributed by atoms with Gasteiger partial charge in [0.05, 0.1) is 5.54 Å². The fraction of sp³-hybridized carbons (Fsp3) is 0.316. The number of H-pyrrole nitrogens is 1. The summed E-state index contributed by atoms with van der Waals surface area (Å²) in [7, 11) is 0. The van der Waals surface area contributed by atoms with Gasteiger partial charge >= 0.3 is 0 Å². The number of pyridine rings is 1. The van der Waals surface area contributed by atoms with Crippen molar-refractivity contribution in [2.24, 2.45) is 4.99 Å². The van der Waals surface area contributed by atoms with Crippen molar-refractivity contribution < 1.29 is 9.78 Å². The molecule has 0 radical (unpaired) electrons. The molecule has 3 N–H and O–H groups in total. The Morgan fingerprint density at radius 3 is 2.75 bits per heavy atom. The summed E-state index contributed by atoms with van der Waals surface area (Å²) in [4.78, 5) is 20.2. The van der Waals surface area contributed by atoms with Gasteiger partial charge in [-0.1, -0.05) is 37.1 Å². The zero-order chi connectivity index (χ0) is 16.4. The summed E-state index contributed by atoms with van der Waals surface area (Å²) in [6.45, 7) is 0. The van der Waals surface area contributed by atoms with E-state index in [0.29, 0.717) is 5.56 Å². The van der Waals surface area contributed by atoms with E-state index in [0.717, 1.165) is 30.7 Å². The van der Waals surface area contributed by atoms with Gasteiger partial charge in [0, 0.05) is 11.6 Å². The van der Waals surface area contributed by atoms with Gasteiger partial charge in [0.2, 0.25) is 0 Å². The number of nitrogens with one attached hydrogen (secondary N) is 3. The number of amides is 1. The van der Waals surface area contributed by atoms with Gasteiger partial charge in [0.15, 0.2) is 12.4 Å². The largest absolute Gasteiger partial charge is 0.281 e. The van der Waals surface area contributed by atoms with Crippen LogP contribution in [0.3, 0.4) is 0 Å². The number of benzene rings is 1. The second-order valence-corrected chi connectivity index (χ2v) is 6.60. The van der Waals surface area contributed by atoms with Crippen molar-refractivity contribution >= 4 is 11.7 Å². The topological polar surface area (TPSA) is 67.6 Å². The number of amidine groups is 1. The summed E-state index contributed by atoms with van der Waals surface area (Å²) in [5.41, 5.74) is 8.80. The molecule has 1 saturated carbocycles. The lowest BCUT2D eigenvalue weighted by Gasteiger charge is -2.32. The summed E-state index contributed by atoms with van der Waals surface area (Å²) in [6.07, 6.45) is 9.14. The number of aliphatic imine (C=N–C) groups is 1. The number of aromatic nitrogens is 1. The molecule has 1 aliphatic heterocycles. The normalized spacial score (nSPS) is 17.9. The van der Waals surface area contributed by atoms with E-state index in [1.54, 1.807) is 24.5 Å². The average molecular weight is 321 g/mol. The first-order chi connectivity index (χ1) is 11.8. The number of hydrazine groups is 1. The maximum Gasteiger partial charge on any atom is 0.275 e. The monoisotopic (exact) mass is 321 g/mol. The minimum Gasteiger partial charge on any atom is -0.281 e. The lowest BCUT2D eigenvalue weighted by molar-refractivity contribution is -0.378. The fourth-order valence-corrected chi connectivity index (χ4v) is 3.74. The van der Waals surface area contributed by atoms with E-state index in [2.05, 4.69) is 34.0 Å². The molecule has 24 heavy (non-hydrogen) atoms. The van der Waals surface area contributed by atoms with E-state index in [4.69, 9.17) is 4.99 Å². The Hall–Kier alpha value is -2.69. The standard InChI is InChI=1S/C19H20N4O/c24-18(15-7-5-11-20-13-15)23-22-17-16-8-2-1-6-14(16)12-19(21-17)9-3-4-10-19/h1-2,5-8,11,13H,3-4,9-10,12H2,(H,21,22)(H,23,24)/p+1. The van der Waals surface area contributed by atoms with Gasteiger partial charge in [-0.2, -0.15) is 0 Å². The molecule has 5 nitrogen and oxygen atoms in total. The first kappa shape index (κ1) is 14.9. The van der Waals surface area contributed by atoms with Crippen molar-refractivity contribution in [2.75, 3.05) is 0 Å². The molecule has 1 amide bonds.